The van der Waals surface area contributed by atoms with Crippen molar-refractivity contribution in [1.29, 1.82) is 0 Å². The minimum Gasteiger partial charge on any atom is -0.461 e. The summed E-state index contributed by atoms with van der Waals surface area (Å²) in [6.07, 6.45) is 8.59. The van der Waals surface area contributed by atoms with E-state index in [9.17, 15) is 9.59 Å². The molecule has 19 heavy (non-hydrogen) atoms. The van der Waals surface area contributed by atoms with E-state index in [1.165, 1.54) is 39.0 Å². The lowest BCUT2D eigenvalue weighted by Crippen LogP contribution is -2.33. The van der Waals surface area contributed by atoms with E-state index in [4.69, 9.17) is 9.47 Å². The fraction of sp³-hybridized carbons (Fsp3) is 0.867. The zero-order chi connectivity index (χ0) is 13.7. The Labute approximate surface area is 114 Å². The number of rotatable bonds is 5. The number of carbonyl (C=O) groups excluding carboxylic acids is 2. The van der Waals surface area contributed by atoms with Gasteiger partial charge in [0.25, 0.3) is 0 Å². The molecule has 4 heteroatoms. The first kappa shape index (κ1) is 14.5. The van der Waals surface area contributed by atoms with Gasteiger partial charge >= 0.3 is 5.97 Å². The molecule has 0 amide bonds. The van der Waals surface area contributed by atoms with E-state index in [0.29, 0.717) is 0 Å². The lowest BCUT2D eigenvalue weighted by Gasteiger charge is -2.38. The summed E-state index contributed by atoms with van der Waals surface area (Å²) in [5.41, 5.74) is 0. The molecule has 0 radical (unpaired) electrons. The van der Waals surface area contributed by atoms with Gasteiger partial charge in [0.05, 0.1) is 0 Å². The van der Waals surface area contributed by atoms with E-state index < -0.39 is 0 Å². The molecular weight excluding hydrogens is 244 g/mol. The molecule has 4 nitrogen and oxygen atoms in total. The van der Waals surface area contributed by atoms with Crippen LogP contribution in [0.15, 0.2) is 0 Å². The van der Waals surface area contributed by atoms with E-state index in [2.05, 4.69) is 0 Å². The number of Topliss-reactive ketones (excluding diaryl/α,β-unsaturated/α-hetero) is 1. The third-order valence-electron chi connectivity index (χ3n) is 4.31. The number of ether oxygens (including phenoxy) is 2. The van der Waals surface area contributed by atoms with Gasteiger partial charge in [-0.2, -0.15) is 0 Å². The van der Waals surface area contributed by atoms with Crippen molar-refractivity contribution >= 4 is 11.8 Å². The summed E-state index contributed by atoms with van der Waals surface area (Å²) < 4.78 is 10.4. The van der Waals surface area contributed by atoms with Gasteiger partial charge in [0.2, 0.25) is 0 Å². The molecule has 108 valence electrons. The van der Waals surface area contributed by atoms with Gasteiger partial charge in [-0.25, -0.2) is 4.79 Å². The maximum absolute atomic E-state index is 11.6. The molecule has 3 unspecified atom stereocenters. The Hall–Kier alpha value is -0.900. The zero-order valence-electron chi connectivity index (χ0n) is 11.7. The maximum atomic E-state index is 11.6. The highest BCUT2D eigenvalue weighted by atomic mass is 16.6. The van der Waals surface area contributed by atoms with Crippen LogP contribution in [-0.4, -0.2) is 31.1 Å². The topological polar surface area (TPSA) is 52.6 Å². The van der Waals surface area contributed by atoms with Crippen LogP contribution in [0.1, 0.15) is 51.9 Å². The van der Waals surface area contributed by atoms with Gasteiger partial charge in [-0.1, -0.05) is 25.7 Å². The van der Waals surface area contributed by atoms with Crippen LogP contribution in [0, 0.1) is 11.8 Å². The average Bonchev–Trinajstić information content (AvgIpc) is 2.38. The van der Waals surface area contributed by atoms with E-state index in [1.807, 2.05) is 0 Å². The summed E-state index contributed by atoms with van der Waals surface area (Å²) in [5.74, 6) is 1.20. The van der Waals surface area contributed by atoms with Gasteiger partial charge in [-0.15, -0.1) is 0 Å². The standard InChI is InChI=1S/C15H24O4/c1-11(16)9-18-10-15(17)19-14-7-6-12-4-2-3-5-13(12)8-14/h12-14H,2-10H2,1H3. The lowest BCUT2D eigenvalue weighted by atomic mass is 9.70. The summed E-state index contributed by atoms with van der Waals surface area (Å²) in [7, 11) is 0. The van der Waals surface area contributed by atoms with E-state index in [0.717, 1.165) is 24.7 Å². The van der Waals surface area contributed by atoms with Crippen molar-refractivity contribution in [3.05, 3.63) is 0 Å². The number of hydrogen-bond donors (Lipinski definition) is 0. The predicted molar refractivity (Wildman–Crippen MR) is 70.7 cm³/mol. The first-order chi connectivity index (χ1) is 9.15. The molecule has 2 rings (SSSR count). The second-order valence-electron chi connectivity index (χ2n) is 5.92. The summed E-state index contributed by atoms with van der Waals surface area (Å²) in [6, 6.07) is 0. The fourth-order valence-electron chi connectivity index (χ4n) is 3.44. The molecule has 0 saturated heterocycles. The molecule has 3 atom stereocenters. The second kappa shape index (κ2) is 7.04. The Bertz CT molecular complexity index is 326. The first-order valence-electron chi connectivity index (χ1n) is 7.42. The number of fused-ring (bicyclic) bond motifs is 1. The average molecular weight is 268 g/mol. The smallest absolute Gasteiger partial charge is 0.332 e. The molecule has 0 aliphatic heterocycles. The largest absolute Gasteiger partial charge is 0.461 e. The molecule has 0 aromatic heterocycles. The van der Waals surface area contributed by atoms with Crippen LogP contribution in [-0.2, 0) is 19.1 Å². The molecule has 2 aliphatic carbocycles. The van der Waals surface area contributed by atoms with Gasteiger partial charge < -0.3 is 9.47 Å². The predicted octanol–water partition coefficient (Wildman–Crippen LogP) is 2.49. The normalized spacial score (nSPS) is 30.5. The van der Waals surface area contributed by atoms with Crippen LogP contribution in [0.5, 0.6) is 0 Å². The molecule has 2 fully saturated rings. The van der Waals surface area contributed by atoms with Gasteiger partial charge in [-0.3, -0.25) is 4.79 Å². The van der Waals surface area contributed by atoms with E-state index in [1.54, 1.807) is 0 Å². The highest BCUT2D eigenvalue weighted by molar-refractivity contribution is 5.77. The minimum atomic E-state index is -0.333. The molecule has 0 spiro atoms. The third-order valence-corrected chi connectivity index (χ3v) is 4.31. The molecule has 2 saturated carbocycles. The van der Waals surface area contributed by atoms with Crippen molar-refractivity contribution in [2.24, 2.45) is 11.8 Å². The summed E-state index contributed by atoms with van der Waals surface area (Å²) >= 11 is 0. The minimum absolute atomic E-state index is 0.00946. The monoisotopic (exact) mass is 268 g/mol. The van der Waals surface area contributed by atoms with Gasteiger partial charge in [0.1, 0.15) is 19.3 Å². The molecule has 0 aromatic rings. The number of hydrogen-bond acceptors (Lipinski definition) is 4. The van der Waals surface area contributed by atoms with Crippen LogP contribution in [0.4, 0.5) is 0 Å². The first-order valence-corrected chi connectivity index (χ1v) is 7.42. The molecule has 2 aliphatic rings. The number of ketones is 1. The van der Waals surface area contributed by atoms with Crippen molar-refractivity contribution in [3.63, 3.8) is 0 Å². The SMILES string of the molecule is CC(=O)COCC(=O)OC1CCC2CCCCC2C1. The third kappa shape index (κ3) is 4.60. The van der Waals surface area contributed by atoms with Crippen molar-refractivity contribution < 1.29 is 19.1 Å². The number of carbonyl (C=O) groups is 2. The quantitative estimate of drug-likeness (QED) is 0.719. The van der Waals surface area contributed by atoms with Gasteiger partial charge in [0, 0.05) is 0 Å². The summed E-state index contributed by atoms with van der Waals surface area (Å²) in [6.45, 7) is 1.32. The highest BCUT2D eigenvalue weighted by Gasteiger charge is 2.33. The molecule has 0 heterocycles. The second-order valence-corrected chi connectivity index (χ2v) is 5.92. The van der Waals surface area contributed by atoms with Crippen LogP contribution in [0.2, 0.25) is 0 Å². The van der Waals surface area contributed by atoms with E-state index >= 15 is 0 Å². The molecular formula is C15H24O4. The Morgan fingerprint density at radius 3 is 2.47 bits per heavy atom. The Morgan fingerprint density at radius 2 is 1.74 bits per heavy atom. The lowest BCUT2D eigenvalue weighted by molar-refractivity contribution is -0.158. The van der Waals surface area contributed by atoms with Crippen molar-refractivity contribution in [3.8, 4) is 0 Å². The molecule has 0 bridgehead atoms. The van der Waals surface area contributed by atoms with Gasteiger partial charge in [-0.05, 0) is 38.0 Å². The van der Waals surface area contributed by atoms with Crippen LogP contribution >= 0.6 is 0 Å². The zero-order valence-corrected chi connectivity index (χ0v) is 11.7. The Balaban J connectivity index is 1.68. The molecule has 0 aromatic carbocycles. The van der Waals surface area contributed by atoms with Crippen LogP contribution < -0.4 is 0 Å². The van der Waals surface area contributed by atoms with Crippen molar-refractivity contribution in [2.75, 3.05) is 13.2 Å². The summed E-state index contributed by atoms with van der Waals surface area (Å²) in [4.78, 5) is 22.3. The molecule has 0 N–H and O–H groups in total. The van der Waals surface area contributed by atoms with Gasteiger partial charge in [0.15, 0.2) is 5.78 Å². The Morgan fingerprint density at radius 1 is 1.00 bits per heavy atom. The maximum Gasteiger partial charge on any atom is 0.332 e. The summed E-state index contributed by atoms with van der Waals surface area (Å²) in [5, 5.41) is 0. The Kier molecular flexibility index (Phi) is 5.37. The van der Waals surface area contributed by atoms with Crippen molar-refractivity contribution in [1.82, 2.24) is 0 Å². The highest BCUT2D eigenvalue weighted by Crippen LogP contribution is 2.41. The van der Waals surface area contributed by atoms with Crippen molar-refractivity contribution in [2.45, 2.75) is 58.0 Å². The van der Waals surface area contributed by atoms with Crippen LogP contribution in [0.3, 0.4) is 0 Å². The van der Waals surface area contributed by atoms with E-state index in [-0.39, 0.29) is 31.1 Å². The number of esters is 1. The fourth-order valence-corrected chi connectivity index (χ4v) is 3.44. The van der Waals surface area contributed by atoms with Crippen LogP contribution in [0.25, 0.3) is 0 Å².